The van der Waals surface area contributed by atoms with Crippen molar-refractivity contribution in [3.8, 4) is 22.3 Å². The van der Waals surface area contributed by atoms with Gasteiger partial charge in [-0.05, 0) is 116 Å². The summed E-state index contributed by atoms with van der Waals surface area (Å²) in [5, 5.41) is 8.70. The Bertz CT molecular complexity index is 2780. The molecule has 59 heavy (non-hydrogen) atoms. The van der Waals surface area contributed by atoms with Crippen LogP contribution in [0.2, 0.25) is 52.4 Å². The van der Waals surface area contributed by atoms with E-state index in [2.05, 4.69) is 244 Å². The van der Waals surface area contributed by atoms with Crippen molar-refractivity contribution in [1.29, 1.82) is 0 Å². The van der Waals surface area contributed by atoms with E-state index >= 15 is 0 Å². The number of nitrogens with zero attached hydrogens (tertiary/aromatic N) is 2. The quantitative estimate of drug-likeness (QED) is 0.134. The van der Waals surface area contributed by atoms with Gasteiger partial charge in [0, 0.05) is 34.1 Å². The van der Waals surface area contributed by atoms with E-state index in [-0.39, 0.29) is 0 Å². The zero-order valence-corrected chi connectivity index (χ0v) is 38.7. The number of anilines is 6. The first-order valence-corrected chi connectivity index (χ1v) is 31.0. The van der Waals surface area contributed by atoms with Crippen LogP contribution in [-0.2, 0) is 0 Å². The fourth-order valence-electron chi connectivity index (χ4n) is 9.03. The van der Waals surface area contributed by atoms with Crippen LogP contribution in [0.1, 0.15) is 0 Å². The van der Waals surface area contributed by atoms with E-state index < -0.39 is 24.2 Å². The molecule has 0 N–H and O–H groups in total. The standard InChI is InChI=1S/C54H54N2Si3/c1-57(2,3)46-31-26-43(27-32-46)55(40-16-11-9-12-17-40)42-24-22-39(23-25-42)48-36-37-51-49-35-30-45(38-53(49)59(7,8)52-21-15-20-50(48)54(51)52)56(41-18-13-10-14-19-41)44-28-33-47(34-29-44)58(4,5)6/h9-38H,1-8H3. The van der Waals surface area contributed by atoms with Gasteiger partial charge in [-0.15, -0.1) is 0 Å². The van der Waals surface area contributed by atoms with Crippen molar-refractivity contribution >= 4 is 89.9 Å². The molecular formula is C54H54N2Si3. The van der Waals surface area contributed by atoms with Crippen molar-refractivity contribution in [2.24, 2.45) is 0 Å². The molecule has 9 rings (SSSR count). The normalized spacial score (nSPS) is 13.2. The predicted molar refractivity (Wildman–Crippen MR) is 267 cm³/mol. The summed E-state index contributed by atoms with van der Waals surface area (Å²) in [6.07, 6.45) is 0. The Morgan fingerprint density at radius 2 is 0.780 bits per heavy atom. The van der Waals surface area contributed by atoms with Crippen LogP contribution in [0.25, 0.3) is 33.0 Å². The lowest BCUT2D eigenvalue weighted by Crippen LogP contribution is -2.56. The molecule has 8 aromatic carbocycles. The van der Waals surface area contributed by atoms with E-state index in [9.17, 15) is 0 Å². The third kappa shape index (κ3) is 7.11. The molecule has 0 saturated carbocycles. The Morgan fingerprint density at radius 3 is 1.29 bits per heavy atom. The lowest BCUT2D eigenvalue weighted by Gasteiger charge is -2.35. The highest BCUT2D eigenvalue weighted by molar-refractivity contribution is 7.03. The molecule has 0 bridgehead atoms. The Kier molecular flexibility index (Phi) is 9.74. The van der Waals surface area contributed by atoms with Gasteiger partial charge in [-0.1, -0.05) is 172 Å². The van der Waals surface area contributed by atoms with Gasteiger partial charge < -0.3 is 9.80 Å². The number of fused-ring (bicyclic) bond motifs is 2. The van der Waals surface area contributed by atoms with Crippen LogP contribution in [0.3, 0.4) is 0 Å². The van der Waals surface area contributed by atoms with Crippen molar-refractivity contribution in [3.05, 3.63) is 182 Å². The molecule has 2 nitrogen and oxygen atoms in total. The van der Waals surface area contributed by atoms with Crippen LogP contribution < -0.4 is 30.5 Å². The van der Waals surface area contributed by atoms with Gasteiger partial charge in [0.15, 0.2) is 0 Å². The highest BCUT2D eigenvalue weighted by Gasteiger charge is 2.36. The fraction of sp³-hybridized carbons (Fsp3) is 0.148. The van der Waals surface area contributed by atoms with Gasteiger partial charge in [-0.3, -0.25) is 0 Å². The maximum absolute atomic E-state index is 2.54. The smallest absolute Gasteiger partial charge is 0.113 e. The molecule has 8 aromatic rings. The van der Waals surface area contributed by atoms with E-state index in [0.29, 0.717) is 0 Å². The minimum atomic E-state index is -2.14. The molecule has 0 aromatic heterocycles. The average Bonchev–Trinajstić information content (AvgIpc) is 3.24. The van der Waals surface area contributed by atoms with E-state index in [4.69, 9.17) is 0 Å². The fourth-order valence-corrected chi connectivity index (χ4v) is 14.5. The molecular weight excluding hydrogens is 761 g/mol. The zero-order valence-electron chi connectivity index (χ0n) is 35.7. The van der Waals surface area contributed by atoms with Crippen LogP contribution in [0.15, 0.2) is 182 Å². The third-order valence-electron chi connectivity index (χ3n) is 12.4. The molecule has 1 aliphatic heterocycles. The van der Waals surface area contributed by atoms with Crippen molar-refractivity contribution < 1.29 is 0 Å². The minimum Gasteiger partial charge on any atom is -0.311 e. The topological polar surface area (TPSA) is 6.48 Å². The first-order valence-electron chi connectivity index (χ1n) is 21.0. The number of hydrogen-bond donors (Lipinski definition) is 0. The Balaban J connectivity index is 1.11. The van der Waals surface area contributed by atoms with Crippen LogP contribution in [-0.4, -0.2) is 24.2 Å². The van der Waals surface area contributed by atoms with Crippen LogP contribution in [0.5, 0.6) is 0 Å². The van der Waals surface area contributed by atoms with Gasteiger partial charge in [0.05, 0.1) is 16.1 Å². The molecule has 0 aliphatic carbocycles. The summed E-state index contributed by atoms with van der Waals surface area (Å²) < 4.78 is 0. The Morgan fingerprint density at radius 1 is 0.356 bits per heavy atom. The third-order valence-corrected chi connectivity index (χ3v) is 20.0. The van der Waals surface area contributed by atoms with Crippen LogP contribution in [0.4, 0.5) is 34.1 Å². The molecule has 5 heteroatoms. The summed E-state index contributed by atoms with van der Waals surface area (Å²) in [6.45, 7) is 19.6. The van der Waals surface area contributed by atoms with Crippen molar-refractivity contribution in [1.82, 2.24) is 0 Å². The molecule has 0 amide bonds. The Labute approximate surface area is 354 Å². The summed E-state index contributed by atoms with van der Waals surface area (Å²) in [7, 11) is -4.97. The van der Waals surface area contributed by atoms with Gasteiger partial charge >= 0.3 is 0 Å². The second-order valence-corrected chi connectivity index (χ2v) is 33.2. The number of para-hydroxylation sites is 2. The van der Waals surface area contributed by atoms with Crippen molar-refractivity contribution in [3.63, 3.8) is 0 Å². The summed E-state index contributed by atoms with van der Waals surface area (Å²) in [5.41, 5.74) is 12.3. The predicted octanol–water partition coefficient (Wildman–Crippen LogP) is 13.3. The summed E-state index contributed by atoms with van der Waals surface area (Å²) in [6, 6.07) is 68.4. The highest BCUT2D eigenvalue weighted by atomic mass is 28.3. The number of rotatable bonds is 9. The first kappa shape index (κ1) is 38.8. The Hall–Kier alpha value is -5.73. The molecule has 0 radical (unpaired) electrons. The van der Waals surface area contributed by atoms with Gasteiger partial charge in [0.2, 0.25) is 0 Å². The number of hydrogen-bond acceptors (Lipinski definition) is 2. The van der Waals surface area contributed by atoms with E-state index in [1.54, 1.807) is 0 Å². The lowest BCUT2D eigenvalue weighted by molar-refractivity contribution is 1.28. The average molecular weight is 815 g/mol. The molecule has 0 unspecified atom stereocenters. The van der Waals surface area contributed by atoms with Crippen molar-refractivity contribution in [2.75, 3.05) is 9.80 Å². The molecule has 292 valence electrons. The van der Waals surface area contributed by atoms with E-state index in [1.807, 2.05) is 0 Å². The minimum absolute atomic E-state index is 1.15. The van der Waals surface area contributed by atoms with Crippen LogP contribution in [0, 0.1) is 0 Å². The largest absolute Gasteiger partial charge is 0.311 e. The molecule has 0 spiro atoms. The van der Waals surface area contributed by atoms with Gasteiger partial charge in [0.25, 0.3) is 0 Å². The van der Waals surface area contributed by atoms with Crippen molar-refractivity contribution in [2.45, 2.75) is 52.4 Å². The lowest BCUT2D eigenvalue weighted by atomic mass is 9.91. The van der Waals surface area contributed by atoms with Gasteiger partial charge in [0.1, 0.15) is 8.07 Å². The second kappa shape index (κ2) is 14.8. The number of benzene rings is 8. The summed E-state index contributed by atoms with van der Waals surface area (Å²) in [4.78, 5) is 4.80. The van der Waals surface area contributed by atoms with Gasteiger partial charge in [-0.25, -0.2) is 0 Å². The molecule has 0 fully saturated rings. The summed E-state index contributed by atoms with van der Waals surface area (Å²) >= 11 is 0. The molecule has 0 atom stereocenters. The van der Waals surface area contributed by atoms with Gasteiger partial charge in [-0.2, -0.15) is 0 Å². The highest BCUT2D eigenvalue weighted by Crippen LogP contribution is 2.42. The maximum Gasteiger partial charge on any atom is 0.113 e. The van der Waals surface area contributed by atoms with Crippen LogP contribution >= 0.6 is 0 Å². The molecule has 1 heterocycles. The van der Waals surface area contributed by atoms with E-state index in [0.717, 1.165) is 11.4 Å². The summed E-state index contributed by atoms with van der Waals surface area (Å²) in [5.74, 6) is 0. The molecule has 0 saturated heterocycles. The second-order valence-electron chi connectivity index (χ2n) is 18.7. The maximum atomic E-state index is 2.54. The zero-order chi connectivity index (χ0) is 41.1. The van der Waals surface area contributed by atoms with E-state index in [1.165, 1.54) is 76.5 Å². The molecule has 1 aliphatic rings. The first-order chi connectivity index (χ1) is 28.3. The SMILES string of the molecule is C[Si](C)(C)c1ccc(N(c2ccccc2)c2ccc(-c3ccc4c5c(cccc35)[Si](C)(C)c3cc(N(c5ccccc5)c5ccc([Si](C)(C)C)cc5)ccc3-4)cc2)cc1. The monoisotopic (exact) mass is 814 g/mol.